The van der Waals surface area contributed by atoms with Crippen LogP contribution >= 0.6 is 0 Å². The van der Waals surface area contributed by atoms with Gasteiger partial charge in [0.25, 0.3) is 0 Å². The lowest BCUT2D eigenvalue weighted by Crippen LogP contribution is -2.42. The van der Waals surface area contributed by atoms with Crippen molar-refractivity contribution < 1.29 is 4.74 Å². The fourth-order valence-electron chi connectivity index (χ4n) is 2.47. The van der Waals surface area contributed by atoms with Gasteiger partial charge in [-0.1, -0.05) is 6.92 Å². The van der Waals surface area contributed by atoms with E-state index in [0.29, 0.717) is 18.2 Å². The van der Waals surface area contributed by atoms with Crippen molar-refractivity contribution in [2.75, 3.05) is 6.54 Å². The van der Waals surface area contributed by atoms with E-state index in [1.807, 2.05) is 0 Å². The van der Waals surface area contributed by atoms with Gasteiger partial charge in [-0.05, 0) is 51.5 Å². The first-order chi connectivity index (χ1) is 6.81. The van der Waals surface area contributed by atoms with Crippen molar-refractivity contribution in [2.45, 2.75) is 64.2 Å². The molecule has 14 heavy (non-hydrogen) atoms. The Morgan fingerprint density at radius 3 is 2.57 bits per heavy atom. The molecule has 0 spiro atoms. The Kier molecular flexibility index (Phi) is 3.45. The van der Waals surface area contributed by atoms with E-state index in [4.69, 9.17) is 4.74 Å². The summed E-state index contributed by atoms with van der Waals surface area (Å²) < 4.78 is 5.96. The Balaban J connectivity index is 1.83. The highest BCUT2D eigenvalue weighted by molar-refractivity contribution is 4.93. The zero-order valence-corrected chi connectivity index (χ0v) is 9.46. The Morgan fingerprint density at radius 2 is 2.07 bits per heavy atom. The molecule has 2 nitrogen and oxygen atoms in total. The van der Waals surface area contributed by atoms with E-state index in [-0.39, 0.29) is 0 Å². The second kappa shape index (κ2) is 4.63. The molecule has 0 bridgehead atoms. The van der Waals surface area contributed by atoms with Crippen LogP contribution in [-0.4, -0.2) is 24.8 Å². The minimum atomic E-state index is 0.490. The van der Waals surface area contributed by atoms with Crippen molar-refractivity contribution in [2.24, 2.45) is 5.92 Å². The molecule has 2 rings (SSSR count). The normalized spacial score (nSPS) is 34.7. The summed E-state index contributed by atoms with van der Waals surface area (Å²) >= 11 is 0. The van der Waals surface area contributed by atoms with Gasteiger partial charge in [-0.2, -0.15) is 0 Å². The van der Waals surface area contributed by atoms with Gasteiger partial charge >= 0.3 is 0 Å². The molecule has 3 unspecified atom stereocenters. The Bertz CT molecular complexity index is 179. The molecule has 1 saturated heterocycles. The minimum absolute atomic E-state index is 0.490. The monoisotopic (exact) mass is 197 g/mol. The van der Waals surface area contributed by atoms with Crippen LogP contribution in [0.5, 0.6) is 0 Å². The minimum Gasteiger partial charge on any atom is -0.374 e. The molecular formula is C12H23NO. The molecule has 2 aliphatic rings. The van der Waals surface area contributed by atoms with Crippen LogP contribution in [0.4, 0.5) is 0 Å². The van der Waals surface area contributed by atoms with Gasteiger partial charge in [0.05, 0.1) is 12.2 Å². The summed E-state index contributed by atoms with van der Waals surface area (Å²) in [6.45, 7) is 5.58. The van der Waals surface area contributed by atoms with E-state index >= 15 is 0 Å². The molecule has 1 heterocycles. The second-order valence-corrected chi connectivity index (χ2v) is 4.88. The van der Waals surface area contributed by atoms with Crippen LogP contribution in [0.15, 0.2) is 0 Å². The maximum Gasteiger partial charge on any atom is 0.0735 e. The smallest absolute Gasteiger partial charge is 0.0735 e. The quantitative estimate of drug-likeness (QED) is 0.730. The van der Waals surface area contributed by atoms with Crippen molar-refractivity contribution in [3.05, 3.63) is 0 Å². The van der Waals surface area contributed by atoms with Gasteiger partial charge < -0.3 is 10.1 Å². The summed E-state index contributed by atoms with van der Waals surface area (Å²) in [6, 6.07) is 0.653. The van der Waals surface area contributed by atoms with Crippen molar-refractivity contribution >= 4 is 0 Å². The van der Waals surface area contributed by atoms with Crippen molar-refractivity contribution in [1.82, 2.24) is 5.32 Å². The van der Waals surface area contributed by atoms with Gasteiger partial charge in [0, 0.05) is 6.04 Å². The van der Waals surface area contributed by atoms with Gasteiger partial charge in [0.1, 0.15) is 0 Å². The molecule has 1 saturated carbocycles. The molecule has 3 atom stereocenters. The first-order valence-corrected chi connectivity index (χ1v) is 6.20. The zero-order valence-electron chi connectivity index (χ0n) is 9.46. The summed E-state index contributed by atoms with van der Waals surface area (Å²) in [4.78, 5) is 0. The molecule has 2 fully saturated rings. The molecule has 2 heteroatoms. The first-order valence-electron chi connectivity index (χ1n) is 6.20. The maximum absolute atomic E-state index is 5.96. The van der Waals surface area contributed by atoms with Crippen LogP contribution in [0, 0.1) is 5.92 Å². The topological polar surface area (TPSA) is 21.3 Å². The molecule has 0 aromatic heterocycles. The number of hydrogen-bond acceptors (Lipinski definition) is 2. The van der Waals surface area contributed by atoms with Crippen LogP contribution < -0.4 is 5.32 Å². The number of ether oxygens (including phenoxy) is 1. The molecular weight excluding hydrogens is 174 g/mol. The molecule has 0 radical (unpaired) electrons. The van der Waals surface area contributed by atoms with E-state index < -0.39 is 0 Å². The van der Waals surface area contributed by atoms with Gasteiger partial charge in [0.15, 0.2) is 0 Å². The lowest BCUT2D eigenvalue weighted by Gasteiger charge is -2.24. The van der Waals surface area contributed by atoms with Gasteiger partial charge in [-0.25, -0.2) is 0 Å². The summed E-state index contributed by atoms with van der Waals surface area (Å²) in [5, 5.41) is 3.67. The standard InChI is InChI=1S/C12H23NO/c1-3-8-13-12(10-5-6-10)11-7-4-9(2)14-11/h9-13H,3-8H2,1-2H3. The molecule has 0 amide bonds. The maximum atomic E-state index is 5.96. The van der Waals surface area contributed by atoms with Crippen LogP contribution in [0.1, 0.15) is 46.0 Å². The van der Waals surface area contributed by atoms with E-state index in [1.165, 1.54) is 32.1 Å². The van der Waals surface area contributed by atoms with Crippen molar-refractivity contribution in [3.8, 4) is 0 Å². The molecule has 1 N–H and O–H groups in total. The summed E-state index contributed by atoms with van der Waals surface area (Å²) in [7, 11) is 0. The fourth-order valence-corrected chi connectivity index (χ4v) is 2.47. The van der Waals surface area contributed by atoms with Gasteiger partial charge in [0.2, 0.25) is 0 Å². The average Bonchev–Trinajstić information content (AvgIpc) is 2.91. The van der Waals surface area contributed by atoms with Gasteiger partial charge in [-0.3, -0.25) is 0 Å². The van der Waals surface area contributed by atoms with Crippen LogP contribution in [0.2, 0.25) is 0 Å². The molecule has 1 aliphatic heterocycles. The van der Waals surface area contributed by atoms with Crippen LogP contribution in [-0.2, 0) is 4.74 Å². The first kappa shape index (κ1) is 10.4. The predicted octanol–water partition coefficient (Wildman–Crippen LogP) is 2.33. The van der Waals surface area contributed by atoms with Crippen LogP contribution in [0.3, 0.4) is 0 Å². The zero-order chi connectivity index (χ0) is 9.97. The molecule has 0 aromatic rings. The third-order valence-corrected chi connectivity index (χ3v) is 3.43. The van der Waals surface area contributed by atoms with Gasteiger partial charge in [-0.15, -0.1) is 0 Å². The lowest BCUT2D eigenvalue weighted by molar-refractivity contribution is 0.0269. The molecule has 0 aromatic carbocycles. The summed E-state index contributed by atoms with van der Waals surface area (Å²) in [5.41, 5.74) is 0. The second-order valence-electron chi connectivity index (χ2n) is 4.88. The lowest BCUT2D eigenvalue weighted by atomic mass is 10.0. The Hall–Kier alpha value is -0.0800. The van der Waals surface area contributed by atoms with Crippen molar-refractivity contribution in [3.63, 3.8) is 0 Å². The number of hydrogen-bond donors (Lipinski definition) is 1. The molecule has 1 aliphatic carbocycles. The highest BCUT2D eigenvalue weighted by Crippen LogP contribution is 2.37. The third-order valence-electron chi connectivity index (χ3n) is 3.43. The summed E-state index contributed by atoms with van der Waals surface area (Å²) in [5.74, 6) is 0.914. The number of nitrogens with one attached hydrogen (secondary N) is 1. The van der Waals surface area contributed by atoms with E-state index in [9.17, 15) is 0 Å². The van der Waals surface area contributed by atoms with Crippen LogP contribution in [0.25, 0.3) is 0 Å². The summed E-state index contributed by atoms with van der Waals surface area (Å²) in [6.07, 6.45) is 7.56. The average molecular weight is 197 g/mol. The highest BCUT2D eigenvalue weighted by Gasteiger charge is 2.39. The van der Waals surface area contributed by atoms with E-state index in [2.05, 4.69) is 19.2 Å². The largest absolute Gasteiger partial charge is 0.374 e. The Morgan fingerprint density at radius 1 is 1.29 bits per heavy atom. The third kappa shape index (κ3) is 2.48. The van der Waals surface area contributed by atoms with Crippen molar-refractivity contribution in [1.29, 1.82) is 0 Å². The SMILES string of the molecule is CCCNC(C1CC1)C1CCC(C)O1. The van der Waals surface area contributed by atoms with E-state index in [0.717, 1.165) is 12.5 Å². The number of rotatable bonds is 5. The Labute approximate surface area is 87.4 Å². The molecule has 82 valence electrons. The van der Waals surface area contributed by atoms with E-state index in [1.54, 1.807) is 0 Å². The fraction of sp³-hybridized carbons (Fsp3) is 1.00. The predicted molar refractivity (Wildman–Crippen MR) is 58.4 cm³/mol. The highest BCUT2D eigenvalue weighted by atomic mass is 16.5.